The van der Waals surface area contributed by atoms with Crippen molar-refractivity contribution in [2.45, 2.75) is 70.8 Å². The number of likely N-dealkylation sites (tertiary alicyclic amines) is 1. The summed E-state index contributed by atoms with van der Waals surface area (Å²) < 4.78 is 12.4. The third-order valence-corrected chi connectivity index (χ3v) is 7.86. The van der Waals surface area contributed by atoms with Crippen LogP contribution in [0, 0.1) is 11.8 Å². The summed E-state index contributed by atoms with van der Waals surface area (Å²) in [6.45, 7) is 5.01. The van der Waals surface area contributed by atoms with Crippen LogP contribution in [0.1, 0.15) is 64.0 Å². The Morgan fingerprint density at radius 1 is 1.00 bits per heavy atom. The first-order valence-corrected chi connectivity index (χ1v) is 14.1. The van der Waals surface area contributed by atoms with Gasteiger partial charge in [0.1, 0.15) is 11.9 Å². The summed E-state index contributed by atoms with van der Waals surface area (Å²) in [4.78, 5) is 16.3. The summed E-state index contributed by atoms with van der Waals surface area (Å²) in [6, 6.07) is 10.4. The van der Waals surface area contributed by atoms with Gasteiger partial charge in [-0.3, -0.25) is 4.79 Å². The highest BCUT2D eigenvalue weighted by molar-refractivity contribution is 5.85. The van der Waals surface area contributed by atoms with E-state index in [0.717, 1.165) is 93.4 Å². The molecule has 0 unspecified atom stereocenters. The van der Waals surface area contributed by atoms with Crippen molar-refractivity contribution >= 4 is 30.7 Å². The molecule has 1 aliphatic carbocycles. The van der Waals surface area contributed by atoms with E-state index in [0.29, 0.717) is 18.4 Å². The fourth-order valence-corrected chi connectivity index (χ4v) is 5.40. The zero-order valence-electron chi connectivity index (χ0n) is 23.9. The predicted octanol–water partition coefficient (Wildman–Crippen LogP) is 6.08. The van der Waals surface area contributed by atoms with Crippen LogP contribution < -0.4 is 9.47 Å². The Bertz CT molecular complexity index is 1010. The second kappa shape index (κ2) is 16.2. The number of hydrogen-bond acceptors (Lipinski definition) is 6. The molecule has 9 heteroatoms. The van der Waals surface area contributed by atoms with Crippen molar-refractivity contribution in [2.75, 3.05) is 40.8 Å². The number of ether oxygens (including phenoxy) is 2. The Balaban J connectivity index is 0.00000267. The van der Waals surface area contributed by atoms with E-state index >= 15 is 0 Å². The number of amides is 1. The van der Waals surface area contributed by atoms with Gasteiger partial charge in [0.2, 0.25) is 11.8 Å². The second-order valence-corrected chi connectivity index (χ2v) is 11.1. The molecule has 2 aliphatic rings. The van der Waals surface area contributed by atoms with Gasteiger partial charge in [-0.25, -0.2) is 0 Å². The number of carbonyl (C=O) groups excluding carboxylic acids is 1. The van der Waals surface area contributed by atoms with Gasteiger partial charge in [-0.2, -0.15) is 5.10 Å². The van der Waals surface area contributed by atoms with Gasteiger partial charge in [0, 0.05) is 44.7 Å². The topological polar surface area (TPSA) is 67.8 Å². The van der Waals surface area contributed by atoms with Crippen molar-refractivity contribution in [3.63, 3.8) is 0 Å². The first kappa shape index (κ1) is 33.1. The summed E-state index contributed by atoms with van der Waals surface area (Å²) in [5, 5.41) is 9.00. The lowest BCUT2D eigenvalue weighted by Gasteiger charge is -2.29. The molecule has 0 N–H and O–H groups in total. The van der Waals surface area contributed by atoms with Gasteiger partial charge in [-0.1, -0.05) is 25.5 Å². The van der Waals surface area contributed by atoms with E-state index in [1.807, 2.05) is 14.1 Å². The van der Waals surface area contributed by atoms with Gasteiger partial charge >= 0.3 is 0 Å². The number of aromatic nitrogens is 2. The monoisotopic (exact) mass is 580 g/mol. The van der Waals surface area contributed by atoms with E-state index < -0.39 is 0 Å². The van der Waals surface area contributed by atoms with Crippen molar-refractivity contribution in [2.24, 2.45) is 11.8 Å². The summed E-state index contributed by atoms with van der Waals surface area (Å²) in [7, 11) is 5.85. The van der Waals surface area contributed by atoms with Gasteiger partial charge in [0.05, 0.1) is 12.3 Å². The van der Waals surface area contributed by atoms with Crippen LogP contribution in [0.25, 0.3) is 11.1 Å². The molecule has 0 atom stereocenters. The minimum atomic E-state index is 0. The summed E-state index contributed by atoms with van der Waals surface area (Å²) in [5.74, 6) is 2.45. The molecule has 0 radical (unpaired) electrons. The van der Waals surface area contributed by atoms with Crippen molar-refractivity contribution < 1.29 is 14.3 Å². The summed E-state index contributed by atoms with van der Waals surface area (Å²) in [5.41, 5.74) is 3.24. The van der Waals surface area contributed by atoms with E-state index in [1.54, 1.807) is 4.90 Å². The smallest absolute Gasteiger partial charge is 0.234 e. The molecule has 1 aromatic carbocycles. The molecule has 4 rings (SSSR count). The Morgan fingerprint density at radius 2 is 1.67 bits per heavy atom. The van der Waals surface area contributed by atoms with E-state index in [4.69, 9.17) is 9.47 Å². The first-order chi connectivity index (χ1) is 17.9. The Kier molecular flexibility index (Phi) is 13.8. The largest absolute Gasteiger partial charge is 0.493 e. The third kappa shape index (κ3) is 9.51. The fraction of sp³-hybridized carbons (Fsp3) is 0.633. The maximum Gasteiger partial charge on any atom is 0.234 e. The average molecular weight is 582 g/mol. The maximum atomic E-state index is 12.2. The molecular formula is C30H46Cl2N4O3. The molecule has 2 heterocycles. The highest BCUT2D eigenvalue weighted by atomic mass is 35.5. The Morgan fingerprint density at radius 3 is 2.28 bits per heavy atom. The lowest BCUT2D eigenvalue weighted by molar-refractivity contribution is -0.134. The van der Waals surface area contributed by atoms with Crippen molar-refractivity contribution in [3.05, 3.63) is 36.0 Å². The second-order valence-electron chi connectivity index (χ2n) is 11.1. The van der Waals surface area contributed by atoms with Crippen LogP contribution in [0.15, 0.2) is 30.3 Å². The Hall–Kier alpha value is -2.09. The molecule has 2 aromatic rings. The van der Waals surface area contributed by atoms with E-state index in [1.165, 1.54) is 0 Å². The highest BCUT2D eigenvalue weighted by Crippen LogP contribution is 2.32. The number of hydrogen-bond donors (Lipinski definition) is 0. The van der Waals surface area contributed by atoms with Crippen molar-refractivity contribution in [1.82, 2.24) is 20.0 Å². The molecule has 1 saturated carbocycles. The molecule has 7 nitrogen and oxygen atoms in total. The lowest BCUT2D eigenvalue weighted by Crippen LogP contribution is -2.35. The zero-order valence-corrected chi connectivity index (χ0v) is 25.6. The van der Waals surface area contributed by atoms with Crippen LogP contribution in [-0.2, 0) is 11.2 Å². The van der Waals surface area contributed by atoms with Crippen LogP contribution in [-0.4, -0.2) is 72.8 Å². The van der Waals surface area contributed by atoms with Crippen LogP contribution in [0.2, 0.25) is 0 Å². The van der Waals surface area contributed by atoms with Crippen molar-refractivity contribution in [3.8, 4) is 22.8 Å². The molecule has 2 fully saturated rings. The molecule has 1 aliphatic heterocycles. The fourth-order valence-electron chi connectivity index (χ4n) is 5.40. The molecule has 0 bridgehead atoms. The molecule has 39 heavy (non-hydrogen) atoms. The summed E-state index contributed by atoms with van der Waals surface area (Å²) >= 11 is 0. The highest BCUT2D eigenvalue weighted by Gasteiger charge is 2.27. The number of benzene rings is 1. The molecular weight excluding hydrogens is 535 g/mol. The van der Waals surface area contributed by atoms with Crippen LogP contribution >= 0.6 is 24.8 Å². The number of aryl methyl sites for hydroxylation is 1. The summed E-state index contributed by atoms with van der Waals surface area (Å²) in [6.07, 6.45) is 9.36. The minimum Gasteiger partial charge on any atom is -0.493 e. The quantitative estimate of drug-likeness (QED) is 0.339. The number of carbonyl (C=O) groups is 1. The normalized spacial score (nSPS) is 19.9. The average Bonchev–Trinajstić information content (AvgIpc) is 2.92. The number of nitrogens with zero attached hydrogens (tertiary/aromatic N) is 4. The lowest BCUT2D eigenvalue weighted by atomic mass is 9.82. The molecule has 1 aromatic heterocycles. The van der Waals surface area contributed by atoms with Gasteiger partial charge in [-0.05, 0) is 82.0 Å². The third-order valence-electron chi connectivity index (χ3n) is 7.86. The zero-order chi connectivity index (χ0) is 26.2. The van der Waals surface area contributed by atoms with Gasteiger partial charge in [0.15, 0.2) is 0 Å². The molecule has 1 saturated heterocycles. The van der Waals surface area contributed by atoms with Crippen LogP contribution in [0.5, 0.6) is 11.6 Å². The van der Waals surface area contributed by atoms with Gasteiger partial charge in [0.25, 0.3) is 0 Å². The minimum absolute atomic E-state index is 0. The van der Waals surface area contributed by atoms with Gasteiger partial charge < -0.3 is 19.3 Å². The number of unbranched alkanes of at least 4 members (excludes halogenated alkanes) is 1. The molecule has 0 spiro atoms. The van der Waals surface area contributed by atoms with E-state index in [-0.39, 0.29) is 42.7 Å². The van der Waals surface area contributed by atoms with Gasteiger partial charge in [-0.15, -0.1) is 29.9 Å². The van der Waals surface area contributed by atoms with Crippen LogP contribution in [0.3, 0.4) is 0 Å². The Labute approximate surface area is 246 Å². The predicted molar refractivity (Wildman–Crippen MR) is 161 cm³/mol. The maximum absolute atomic E-state index is 12.2. The SMILES string of the molecule is CCCCc1nnc(OC2CCN(C)CC2)cc1-c1ccc(OCC2CCC(C(=O)N(C)C)CC2)cc1.Cl.Cl. The number of rotatable bonds is 10. The van der Waals surface area contributed by atoms with E-state index in [2.05, 4.69) is 59.4 Å². The number of piperidine rings is 1. The molecule has 218 valence electrons. The van der Waals surface area contributed by atoms with Crippen LogP contribution in [0.4, 0.5) is 0 Å². The number of halogens is 2. The van der Waals surface area contributed by atoms with Crippen molar-refractivity contribution in [1.29, 1.82) is 0 Å². The first-order valence-electron chi connectivity index (χ1n) is 14.1. The van der Waals surface area contributed by atoms with E-state index in [9.17, 15) is 4.79 Å². The standard InChI is InChI=1S/C30H44N4O3.2ClH/c1-5-6-7-28-27(20-29(32-31-28)37-26-16-18-34(4)19-17-26)23-12-14-25(15-13-23)36-21-22-8-10-24(11-9-22)30(35)33(2)3;;/h12-15,20,22,24,26H,5-11,16-19,21H2,1-4H3;2*1H. The molecule has 1 amide bonds.